The van der Waals surface area contributed by atoms with Crippen LogP contribution in [0.5, 0.6) is 0 Å². The maximum atomic E-state index is 13.1. The molecule has 2 aromatic rings. The maximum absolute atomic E-state index is 13.1. The van der Waals surface area contributed by atoms with Gasteiger partial charge in [0.2, 0.25) is 5.91 Å². The fraction of sp³-hybridized carbons (Fsp3) is 0.222. The average Bonchev–Trinajstić information content (AvgIpc) is 2.95. The van der Waals surface area contributed by atoms with E-state index >= 15 is 0 Å². The van der Waals surface area contributed by atoms with Crippen molar-refractivity contribution >= 4 is 38.9 Å². The molecule has 3 rings (SSSR count). The molecule has 2 aromatic carbocycles. The lowest BCUT2D eigenvalue weighted by atomic mass is 10.1. The molecule has 0 aliphatic carbocycles. The topological polar surface area (TPSA) is 97.5 Å². The zero-order valence-corrected chi connectivity index (χ0v) is 15.3. The molecule has 1 saturated heterocycles. The van der Waals surface area contributed by atoms with Gasteiger partial charge < -0.3 is 10.6 Å². The summed E-state index contributed by atoms with van der Waals surface area (Å²) in [5.74, 6) is -0.947. The lowest BCUT2D eigenvalue weighted by Crippen LogP contribution is -2.41. The second-order valence-electron chi connectivity index (χ2n) is 6.15. The van der Waals surface area contributed by atoms with Crippen molar-refractivity contribution < 1.29 is 18.0 Å². The van der Waals surface area contributed by atoms with Gasteiger partial charge >= 0.3 is 0 Å². The molecule has 1 unspecified atom stereocenters. The van der Waals surface area contributed by atoms with Crippen molar-refractivity contribution in [2.75, 3.05) is 16.4 Å². The van der Waals surface area contributed by atoms with E-state index in [0.29, 0.717) is 28.3 Å². The summed E-state index contributed by atoms with van der Waals surface area (Å²) in [6.07, 6.45) is 0.360. The molecule has 0 spiro atoms. The second-order valence-corrected chi connectivity index (χ2v) is 8.82. The predicted octanol–water partition coefficient (Wildman–Crippen LogP) is 2.27. The van der Waals surface area contributed by atoms with Crippen molar-refractivity contribution in [3.05, 3.63) is 64.7 Å². The van der Waals surface area contributed by atoms with Gasteiger partial charge in [-0.1, -0.05) is 11.6 Å². The number of sulfone groups is 1. The molecule has 2 N–H and O–H groups in total. The van der Waals surface area contributed by atoms with Crippen LogP contribution in [0, 0.1) is 0 Å². The third-order valence-electron chi connectivity index (χ3n) is 4.31. The number of amides is 2. The summed E-state index contributed by atoms with van der Waals surface area (Å²) in [5.41, 5.74) is 6.47. The van der Waals surface area contributed by atoms with Gasteiger partial charge in [0.15, 0.2) is 9.84 Å². The highest BCUT2D eigenvalue weighted by molar-refractivity contribution is 7.91. The number of hydrogen-bond donors (Lipinski definition) is 1. The van der Waals surface area contributed by atoms with Crippen LogP contribution >= 0.6 is 11.6 Å². The van der Waals surface area contributed by atoms with Crippen LogP contribution in [0.2, 0.25) is 5.02 Å². The fourth-order valence-corrected chi connectivity index (χ4v) is 4.82. The average molecular weight is 393 g/mol. The Morgan fingerprint density at radius 3 is 2.08 bits per heavy atom. The fourth-order valence-electron chi connectivity index (χ4n) is 2.99. The van der Waals surface area contributed by atoms with Crippen molar-refractivity contribution in [2.24, 2.45) is 5.73 Å². The number of rotatable bonds is 4. The number of anilines is 1. The molecule has 1 aliphatic heterocycles. The van der Waals surface area contributed by atoms with Gasteiger partial charge in [-0.2, -0.15) is 0 Å². The number of primary amides is 1. The largest absolute Gasteiger partial charge is 0.366 e. The van der Waals surface area contributed by atoms with E-state index in [2.05, 4.69) is 0 Å². The van der Waals surface area contributed by atoms with Crippen LogP contribution < -0.4 is 10.6 Å². The van der Waals surface area contributed by atoms with Gasteiger partial charge in [0.1, 0.15) is 0 Å². The van der Waals surface area contributed by atoms with Crippen LogP contribution in [0.25, 0.3) is 0 Å². The molecule has 26 heavy (non-hydrogen) atoms. The van der Waals surface area contributed by atoms with E-state index in [1.54, 1.807) is 36.4 Å². The van der Waals surface area contributed by atoms with Crippen molar-refractivity contribution in [1.82, 2.24) is 0 Å². The molecule has 0 radical (unpaired) electrons. The van der Waals surface area contributed by atoms with Crippen LogP contribution in [0.1, 0.15) is 27.1 Å². The van der Waals surface area contributed by atoms with E-state index in [1.165, 1.54) is 17.0 Å². The minimum Gasteiger partial charge on any atom is -0.366 e. The standard InChI is InChI=1S/C18H17ClN2O4S/c19-14-5-1-13(2-6-14)18(23)21(16-9-10-26(24,25)11-16)15-7-3-12(4-8-15)17(20)22/h1-8,16H,9-11H2,(H2,20,22). The first kappa shape index (κ1) is 18.4. The molecule has 0 aromatic heterocycles. The van der Waals surface area contributed by atoms with E-state index < -0.39 is 21.8 Å². The van der Waals surface area contributed by atoms with Gasteiger partial charge in [0.25, 0.3) is 5.91 Å². The number of carbonyl (C=O) groups is 2. The molecule has 1 fully saturated rings. The SMILES string of the molecule is NC(=O)c1ccc(N(C(=O)c2ccc(Cl)cc2)C2CCS(=O)(=O)C2)cc1. The van der Waals surface area contributed by atoms with Crippen molar-refractivity contribution in [1.29, 1.82) is 0 Å². The summed E-state index contributed by atoms with van der Waals surface area (Å²) in [7, 11) is -3.18. The Morgan fingerprint density at radius 1 is 1.00 bits per heavy atom. The van der Waals surface area contributed by atoms with Gasteiger partial charge in [0.05, 0.1) is 17.5 Å². The normalized spacial score (nSPS) is 18.4. The van der Waals surface area contributed by atoms with Gasteiger partial charge in [-0.15, -0.1) is 0 Å². The summed E-state index contributed by atoms with van der Waals surface area (Å²) < 4.78 is 23.8. The third kappa shape index (κ3) is 3.89. The zero-order valence-electron chi connectivity index (χ0n) is 13.8. The quantitative estimate of drug-likeness (QED) is 0.862. The summed E-state index contributed by atoms with van der Waals surface area (Å²) in [6, 6.07) is 12.2. The first-order valence-electron chi connectivity index (χ1n) is 7.96. The zero-order chi connectivity index (χ0) is 18.9. The van der Waals surface area contributed by atoms with Gasteiger partial charge in [-0.25, -0.2) is 8.42 Å². The van der Waals surface area contributed by atoms with Crippen LogP contribution in [0.4, 0.5) is 5.69 Å². The van der Waals surface area contributed by atoms with Gasteiger partial charge in [-0.3, -0.25) is 9.59 Å². The molecular weight excluding hydrogens is 376 g/mol. The van der Waals surface area contributed by atoms with Crippen molar-refractivity contribution in [2.45, 2.75) is 12.5 Å². The highest BCUT2D eigenvalue weighted by atomic mass is 35.5. The number of halogens is 1. The molecular formula is C18H17ClN2O4S. The Balaban J connectivity index is 2.00. The van der Waals surface area contributed by atoms with E-state index in [0.717, 1.165) is 0 Å². The molecule has 8 heteroatoms. The summed E-state index contributed by atoms with van der Waals surface area (Å²) in [6.45, 7) is 0. The van der Waals surface area contributed by atoms with Crippen molar-refractivity contribution in [3.63, 3.8) is 0 Å². The highest BCUT2D eigenvalue weighted by Crippen LogP contribution is 2.27. The van der Waals surface area contributed by atoms with Crippen LogP contribution in [0.3, 0.4) is 0 Å². The van der Waals surface area contributed by atoms with E-state index in [4.69, 9.17) is 17.3 Å². The number of nitrogens with two attached hydrogens (primary N) is 1. The monoisotopic (exact) mass is 392 g/mol. The highest BCUT2D eigenvalue weighted by Gasteiger charge is 2.36. The molecule has 2 amide bonds. The summed E-state index contributed by atoms with van der Waals surface area (Å²) in [4.78, 5) is 25.8. The van der Waals surface area contributed by atoms with Crippen LogP contribution in [-0.4, -0.2) is 37.8 Å². The van der Waals surface area contributed by atoms with Gasteiger partial charge in [-0.05, 0) is 55.0 Å². The van der Waals surface area contributed by atoms with Crippen molar-refractivity contribution in [3.8, 4) is 0 Å². The van der Waals surface area contributed by atoms with Crippen LogP contribution in [0.15, 0.2) is 48.5 Å². The first-order valence-corrected chi connectivity index (χ1v) is 10.2. The lowest BCUT2D eigenvalue weighted by molar-refractivity contribution is 0.0977. The molecule has 1 heterocycles. The Labute approximate surface area is 156 Å². The lowest BCUT2D eigenvalue weighted by Gasteiger charge is -2.28. The van der Waals surface area contributed by atoms with Gasteiger partial charge in [0, 0.05) is 21.8 Å². The minimum absolute atomic E-state index is 0.0431. The Kier molecular flexibility index (Phi) is 5.02. The number of carbonyl (C=O) groups excluding carboxylic acids is 2. The van der Waals surface area contributed by atoms with E-state index in [1.807, 2.05) is 0 Å². The minimum atomic E-state index is -3.18. The Hall–Kier alpha value is -2.38. The summed E-state index contributed by atoms with van der Waals surface area (Å²) >= 11 is 5.88. The molecule has 0 saturated carbocycles. The molecule has 1 atom stereocenters. The number of benzene rings is 2. The number of hydrogen-bond acceptors (Lipinski definition) is 4. The predicted molar refractivity (Wildman–Crippen MR) is 100 cm³/mol. The maximum Gasteiger partial charge on any atom is 0.258 e. The first-order chi connectivity index (χ1) is 12.3. The smallest absolute Gasteiger partial charge is 0.258 e. The van der Waals surface area contributed by atoms with E-state index in [9.17, 15) is 18.0 Å². The van der Waals surface area contributed by atoms with E-state index in [-0.39, 0.29) is 17.4 Å². The molecule has 6 nitrogen and oxygen atoms in total. The Bertz CT molecular complexity index is 940. The Morgan fingerprint density at radius 2 is 1.58 bits per heavy atom. The molecule has 136 valence electrons. The molecule has 0 bridgehead atoms. The third-order valence-corrected chi connectivity index (χ3v) is 6.32. The summed E-state index contributed by atoms with van der Waals surface area (Å²) in [5, 5.41) is 0.502. The molecule has 1 aliphatic rings. The second kappa shape index (κ2) is 7.09. The number of nitrogens with zero attached hydrogens (tertiary/aromatic N) is 1. The van der Waals surface area contributed by atoms with Crippen LogP contribution in [-0.2, 0) is 9.84 Å².